The number of benzene rings is 2. The van der Waals surface area contributed by atoms with Crippen molar-refractivity contribution in [3.05, 3.63) is 70.6 Å². The highest BCUT2D eigenvalue weighted by Crippen LogP contribution is 2.30. The van der Waals surface area contributed by atoms with Crippen LogP contribution in [-0.2, 0) is 9.47 Å². The maximum atomic E-state index is 12.6. The van der Waals surface area contributed by atoms with Crippen LogP contribution in [0, 0.1) is 0 Å². The number of halogens is 1. The lowest BCUT2D eigenvalue weighted by Crippen LogP contribution is -2.48. The van der Waals surface area contributed by atoms with E-state index in [9.17, 15) is 9.59 Å². The van der Waals surface area contributed by atoms with Gasteiger partial charge in [0.1, 0.15) is 0 Å². The summed E-state index contributed by atoms with van der Waals surface area (Å²) in [4.78, 5) is 26.4. The van der Waals surface area contributed by atoms with Gasteiger partial charge in [0, 0.05) is 10.6 Å². The van der Waals surface area contributed by atoms with Gasteiger partial charge in [-0.3, -0.25) is 14.5 Å². The number of carbonyl (C=O) groups excluding carboxylic acids is 2. The molecule has 1 fully saturated rings. The third-order valence-electron chi connectivity index (χ3n) is 4.80. The third kappa shape index (κ3) is 3.11. The topological polar surface area (TPSA) is 94.8 Å². The van der Waals surface area contributed by atoms with E-state index in [1.54, 1.807) is 48.5 Å². The number of hydrogen-bond acceptors (Lipinski definition) is 7. The van der Waals surface area contributed by atoms with E-state index in [0.717, 1.165) is 0 Å². The Morgan fingerprint density at radius 1 is 0.897 bits per heavy atom. The zero-order valence-electron chi connectivity index (χ0n) is 14.9. The van der Waals surface area contributed by atoms with Gasteiger partial charge >= 0.3 is 0 Å². The van der Waals surface area contributed by atoms with Crippen LogP contribution < -0.4 is 0 Å². The summed E-state index contributed by atoms with van der Waals surface area (Å²) in [5, 5.41) is 8.58. The molecule has 1 aromatic heterocycles. The molecule has 0 bridgehead atoms. The molecule has 3 heterocycles. The maximum Gasteiger partial charge on any atom is 0.273 e. The Morgan fingerprint density at radius 2 is 1.52 bits per heavy atom. The molecule has 0 atom stereocenters. The van der Waals surface area contributed by atoms with Crippen molar-refractivity contribution < 1.29 is 23.5 Å². The van der Waals surface area contributed by atoms with Crippen molar-refractivity contribution in [1.29, 1.82) is 0 Å². The van der Waals surface area contributed by atoms with Crippen molar-refractivity contribution in [1.82, 2.24) is 15.1 Å². The van der Waals surface area contributed by atoms with Crippen molar-refractivity contribution in [2.45, 2.75) is 12.3 Å². The van der Waals surface area contributed by atoms with Gasteiger partial charge in [-0.2, -0.15) is 0 Å². The van der Waals surface area contributed by atoms with Crippen LogP contribution in [0.2, 0.25) is 5.02 Å². The molecule has 5 rings (SSSR count). The number of ether oxygens (including phenoxy) is 2. The first-order chi connectivity index (χ1) is 14.1. The summed E-state index contributed by atoms with van der Waals surface area (Å²) in [5.41, 5.74) is 1.50. The Balaban J connectivity index is 1.28. The van der Waals surface area contributed by atoms with Crippen LogP contribution >= 0.6 is 11.6 Å². The first-order valence-electron chi connectivity index (χ1n) is 8.91. The van der Waals surface area contributed by atoms with Gasteiger partial charge in [0.25, 0.3) is 17.7 Å². The monoisotopic (exact) mass is 411 g/mol. The van der Waals surface area contributed by atoms with E-state index in [1.807, 2.05) is 0 Å². The van der Waals surface area contributed by atoms with E-state index in [4.69, 9.17) is 25.5 Å². The molecule has 0 aliphatic carbocycles. The highest BCUT2D eigenvalue weighted by Gasteiger charge is 2.42. The maximum absolute atomic E-state index is 12.6. The normalized spacial score (nSPS) is 21.5. The van der Waals surface area contributed by atoms with Gasteiger partial charge in [-0.05, 0) is 36.4 Å². The van der Waals surface area contributed by atoms with Gasteiger partial charge in [-0.1, -0.05) is 23.7 Å². The standard InChI is InChI=1S/C20H14ClN3O5/c21-12-7-5-11(6-8-12)16-22-23-17(29-16)20-27-9-13(10-28-20)24-18(25)14-3-1-2-4-15(14)19(24)26/h1-8,13,20H,9-10H2/t13-,20-. The molecule has 8 nitrogen and oxygen atoms in total. The van der Waals surface area contributed by atoms with Crippen molar-refractivity contribution in [3.63, 3.8) is 0 Å². The average Bonchev–Trinajstić information content (AvgIpc) is 3.33. The van der Waals surface area contributed by atoms with Crippen molar-refractivity contribution in [2.24, 2.45) is 0 Å². The van der Waals surface area contributed by atoms with Crippen LogP contribution in [0.5, 0.6) is 0 Å². The van der Waals surface area contributed by atoms with Crippen LogP contribution in [0.1, 0.15) is 32.9 Å². The summed E-state index contributed by atoms with van der Waals surface area (Å²) in [6.07, 6.45) is -0.866. The van der Waals surface area contributed by atoms with E-state index >= 15 is 0 Å². The Hall–Kier alpha value is -3.07. The van der Waals surface area contributed by atoms with Crippen LogP contribution in [0.15, 0.2) is 52.9 Å². The summed E-state index contributed by atoms with van der Waals surface area (Å²) >= 11 is 5.89. The molecule has 0 saturated carbocycles. The fourth-order valence-electron chi connectivity index (χ4n) is 3.36. The first-order valence-corrected chi connectivity index (χ1v) is 9.29. The fraction of sp³-hybridized carbons (Fsp3) is 0.200. The average molecular weight is 412 g/mol. The van der Waals surface area contributed by atoms with E-state index in [1.165, 1.54) is 4.90 Å². The number of imide groups is 1. The summed E-state index contributed by atoms with van der Waals surface area (Å²) in [5.74, 6) is -0.213. The van der Waals surface area contributed by atoms with Gasteiger partial charge in [-0.25, -0.2) is 0 Å². The quantitative estimate of drug-likeness (QED) is 0.611. The molecule has 0 N–H and O–H groups in total. The van der Waals surface area contributed by atoms with Gasteiger partial charge in [0.2, 0.25) is 12.2 Å². The second kappa shape index (κ2) is 7.07. The molecule has 2 aliphatic heterocycles. The van der Waals surface area contributed by atoms with Gasteiger partial charge in [0.05, 0.1) is 30.4 Å². The predicted octanol–water partition coefficient (Wildman–Crippen LogP) is 3.10. The molecule has 1 saturated heterocycles. The lowest BCUT2D eigenvalue weighted by atomic mass is 10.1. The molecule has 3 aromatic rings. The number of fused-ring (bicyclic) bond motifs is 1. The van der Waals surface area contributed by atoms with Crippen LogP contribution in [0.25, 0.3) is 11.5 Å². The number of hydrogen-bond donors (Lipinski definition) is 0. The van der Waals surface area contributed by atoms with Crippen molar-refractivity contribution in [3.8, 4) is 11.5 Å². The van der Waals surface area contributed by atoms with Gasteiger partial charge in [-0.15, -0.1) is 10.2 Å². The van der Waals surface area contributed by atoms with E-state index in [-0.39, 0.29) is 30.9 Å². The van der Waals surface area contributed by atoms with Crippen molar-refractivity contribution >= 4 is 23.4 Å². The Kier molecular flexibility index (Phi) is 4.39. The molecular formula is C20H14ClN3O5. The first kappa shape index (κ1) is 18.0. The molecule has 0 spiro atoms. The summed E-state index contributed by atoms with van der Waals surface area (Å²) in [6.45, 7) is 0.212. The Labute approximate surface area is 170 Å². The molecule has 146 valence electrons. The minimum absolute atomic E-state index is 0.106. The SMILES string of the molecule is O=C1c2ccccc2C(=O)N1[C@H]1CO[C@H](c2nnc(-c3ccc(Cl)cc3)o2)OC1. The fourth-order valence-corrected chi connectivity index (χ4v) is 3.49. The summed E-state index contributed by atoms with van der Waals surface area (Å²) in [6, 6.07) is 13.2. The smallest absolute Gasteiger partial charge is 0.273 e. The molecule has 29 heavy (non-hydrogen) atoms. The number of rotatable bonds is 3. The number of nitrogens with zero attached hydrogens (tertiary/aromatic N) is 3. The minimum Gasteiger partial charge on any atom is -0.416 e. The highest BCUT2D eigenvalue weighted by atomic mass is 35.5. The van der Waals surface area contributed by atoms with Crippen LogP contribution in [-0.4, -0.2) is 46.2 Å². The van der Waals surface area contributed by atoms with E-state index < -0.39 is 12.3 Å². The Morgan fingerprint density at radius 3 is 2.14 bits per heavy atom. The van der Waals surface area contributed by atoms with Gasteiger partial charge < -0.3 is 13.9 Å². The van der Waals surface area contributed by atoms with E-state index in [2.05, 4.69) is 10.2 Å². The largest absolute Gasteiger partial charge is 0.416 e. The van der Waals surface area contributed by atoms with E-state index in [0.29, 0.717) is 27.6 Å². The molecule has 2 aliphatic rings. The molecule has 2 amide bonds. The molecule has 2 aromatic carbocycles. The summed E-state index contributed by atoms with van der Waals surface area (Å²) < 4.78 is 17.0. The number of aromatic nitrogens is 2. The molecule has 0 unspecified atom stereocenters. The highest BCUT2D eigenvalue weighted by molar-refractivity contribution is 6.30. The minimum atomic E-state index is -0.866. The van der Waals surface area contributed by atoms with Gasteiger partial charge in [0.15, 0.2) is 0 Å². The summed E-state index contributed by atoms with van der Waals surface area (Å²) in [7, 11) is 0. The number of carbonyl (C=O) groups is 2. The predicted molar refractivity (Wildman–Crippen MR) is 100 cm³/mol. The lowest BCUT2D eigenvalue weighted by molar-refractivity contribution is -0.211. The zero-order chi connectivity index (χ0) is 20.0. The van der Waals surface area contributed by atoms with Crippen LogP contribution in [0.4, 0.5) is 0 Å². The zero-order valence-corrected chi connectivity index (χ0v) is 15.7. The Bertz CT molecular complexity index is 1050. The number of amides is 2. The van der Waals surface area contributed by atoms with Crippen LogP contribution in [0.3, 0.4) is 0 Å². The lowest BCUT2D eigenvalue weighted by Gasteiger charge is -2.32. The third-order valence-corrected chi connectivity index (χ3v) is 5.06. The molecular weight excluding hydrogens is 398 g/mol. The van der Waals surface area contributed by atoms with Crippen molar-refractivity contribution in [2.75, 3.05) is 13.2 Å². The second-order valence-corrected chi connectivity index (χ2v) is 7.07. The molecule has 0 radical (unpaired) electrons. The second-order valence-electron chi connectivity index (χ2n) is 6.63. The molecule has 9 heteroatoms.